The molecule has 2 aromatic rings. The number of hydrogen-bond donors (Lipinski definition) is 1. The summed E-state index contributed by atoms with van der Waals surface area (Å²) in [5.74, 6) is 0.751. The van der Waals surface area contributed by atoms with Gasteiger partial charge in [-0.15, -0.1) is 0 Å². The molecule has 0 spiro atoms. The van der Waals surface area contributed by atoms with Gasteiger partial charge < -0.3 is 19.5 Å². The van der Waals surface area contributed by atoms with Crippen molar-refractivity contribution >= 4 is 29.1 Å². The normalized spacial score (nSPS) is 21.8. The van der Waals surface area contributed by atoms with E-state index in [1.54, 1.807) is 0 Å². The number of aryl methyl sites for hydroxylation is 2. The molecule has 2 fully saturated rings. The lowest BCUT2D eigenvalue weighted by Crippen LogP contribution is -2.57. The topological polar surface area (TPSA) is 62.2 Å². The minimum atomic E-state index is -0.786. The molecule has 4 rings (SSSR count). The van der Waals surface area contributed by atoms with Crippen LogP contribution in [0, 0.1) is 13.8 Å². The zero-order chi connectivity index (χ0) is 25.0. The zero-order valence-corrected chi connectivity index (χ0v) is 21.9. The molecule has 2 saturated heterocycles. The SMILES string of the molecule is Cc1cc(OC[C@]2(CC(=O)N3CCC(O)CC3)CN(Cc3cccc(Cl)c3)CCO2)cc(C)c1Cl. The third-order valence-corrected chi connectivity index (χ3v) is 7.66. The molecule has 2 heterocycles. The predicted molar refractivity (Wildman–Crippen MR) is 138 cm³/mol. The minimum Gasteiger partial charge on any atom is -0.490 e. The molecule has 2 aliphatic heterocycles. The molecule has 1 atom stereocenters. The summed E-state index contributed by atoms with van der Waals surface area (Å²) >= 11 is 12.5. The Kier molecular flexibility index (Phi) is 8.61. The molecule has 1 amide bonds. The van der Waals surface area contributed by atoms with Gasteiger partial charge in [0.25, 0.3) is 0 Å². The number of nitrogens with zero attached hydrogens (tertiary/aromatic N) is 2. The van der Waals surface area contributed by atoms with Gasteiger partial charge in [-0.2, -0.15) is 0 Å². The Morgan fingerprint density at radius 1 is 1.14 bits per heavy atom. The number of carbonyl (C=O) groups is 1. The molecule has 0 radical (unpaired) electrons. The van der Waals surface area contributed by atoms with Gasteiger partial charge in [0, 0.05) is 42.8 Å². The van der Waals surface area contributed by atoms with Gasteiger partial charge >= 0.3 is 0 Å². The maximum Gasteiger partial charge on any atom is 0.225 e. The number of benzene rings is 2. The second-order valence-electron chi connectivity index (χ2n) is 9.82. The van der Waals surface area contributed by atoms with E-state index in [1.807, 2.05) is 49.1 Å². The summed E-state index contributed by atoms with van der Waals surface area (Å²) in [6.45, 7) is 7.85. The van der Waals surface area contributed by atoms with E-state index in [4.69, 9.17) is 32.7 Å². The lowest BCUT2D eigenvalue weighted by Gasteiger charge is -2.43. The number of ether oxygens (including phenoxy) is 2. The Bertz CT molecular complexity index is 1020. The van der Waals surface area contributed by atoms with Crippen molar-refractivity contribution in [3.05, 3.63) is 63.1 Å². The summed E-state index contributed by atoms with van der Waals surface area (Å²) in [7, 11) is 0. The van der Waals surface area contributed by atoms with Crippen LogP contribution in [0.5, 0.6) is 5.75 Å². The minimum absolute atomic E-state index is 0.0357. The van der Waals surface area contributed by atoms with Crippen molar-refractivity contribution in [2.24, 2.45) is 0 Å². The maximum absolute atomic E-state index is 13.3. The standard InChI is InChI=1S/C27H34Cl2N2O4/c1-19-12-24(13-20(2)26(19)29)34-18-27(15-25(33)31-8-6-23(32)7-9-31)17-30(10-11-35-27)16-21-4-3-5-22(28)14-21/h3-5,12-14,23,32H,6-11,15-18H2,1-2H3/t27-/m0/s1. The first-order valence-electron chi connectivity index (χ1n) is 12.2. The molecule has 0 aliphatic carbocycles. The molecule has 35 heavy (non-hydrogen) atoms. The summed E-state index contributed by atoms with van der Waals surface area (Å²) in [6.07, 6.45) is 1.12. The Labute approximate surface area is 217 Å². The highest BCUT2D eigenvalue weighted by Gasteiger charge is 2.41. The van der Waals surface area contributed by atoms with Crippen LogP contribution in [0.4, 0.5) is 0 Å². The van der Waals surface area contributed by atoms with Crippen LogP contribution in [0.25, 0.3) is 0 Å². The van der Waals surface area contributed by atoms with Crippen LogP contribution in [0.1, 0.15) is 36.0 Å². The van der Waals surface area contributed by atoms with Crippen molar-refractivity contribution in [1.29, 1.82) is 0 Å². The van der Waals surface area contributed by atoms with Gasteiger partial charge in [-0.3, -0.25) is 9.69 Å². The number of carbonyl (C=O) groups excluding carboxylic acids is 1. The van der Waals surface area contributed by atoms with Gasteiger partial charge in [0.2, 0.25) is 5.91 Å². The highest BCUT2D eigenvalue weighted by Crippen LogP contribution is 2.30. The molecule has 0 bridgehead atoms. The number of piperidine rings is 1. The third-order valence-electron chi connectivity index (χ3n) is 6.83. The molecule has 8 heteroatoms. The second kappa shape index (κ2) is 11.5. The third kappa shape index (κ3) is 6.89. The van der Waals surface area contributed by atoms with Crippen LogP contribution in [0.3, 0.4) is 0 Å². The van der Waals surface area contributed by atoms with Gasteiger partial charge in [-0.25, -0.2) is 0 Å². The van der Waals surface area contributed by atoms with E-state index in [0.29, 0.717) is 49.9 Å². The molecule has 2 aliphatic rings. The first-order valence-corrected chi connectivity index (χ1v) is 12.9. The number of hydrogen-bond acceptors (Lipinski definition) is 5. The molecule has 0 saturated carbocycles. The van der Waals surface area contributed by atoms with Crippen molar-refractivity contribution in [3.63, 3.8) is 0 Å². The van der Waals surface area contributed by atoms with E-state index < -0.39 is 5.60 Å². The summed E-state index contributed by atoms with van der Waals surface area (Å²) in [5, 5.41) is 11.3. The lowest BCUT2D eigenvalue weighted by molar-refractivity contribution is -0.158. The van der Waals surface area contributed by atoms with Crippen LogP contribution in [-0.2, 0) is 16.1 Å². The number of likely N-dealkylation sites (tertiary alicyclic amines) is 1. The quantitative estimate of drug-likeness (QED) is 0.576. The van der Waals surface area contributed by atoms with Gasteiger partial charge in [0.15, 0.2) is 0 Å². The number of morpholine rings is 1. The van der Waals surface area contributed by atoms with Gasteiger partial charge in [0.1, 0.15) is 18.0 Å². The number of amides is 1. The first-order chi connectivity index (χ1) is 16.7. The summed E-state index contributed by atoms with van der Waals surface area (Å²) < 4.78 is 12.6. The van der Waals surface area contributed by atoms with Crippen LogP contribution < -0.4 is 4.74 Å². The Balaban J connectivity index is 1.51. The van der Waals surface area contributed by atoms with E-state index in [1.165, 1.54) is 0 Å². The average Bonchev–Trinajstić information content (AvgIpc) is 2.82. The maximum atomic E-state index is 13.3. The highest BCUT2D eigenvalue weighted by atomic mass is 35.5. The molecule has 6 nitrogen and oxygen atoms in total. The number of aliphatic hydroxyl groups is 1. The molecule has 190 valence electrons. The van der Waals surface area contributed by atoms with E-state index >= 15 is 0 Å². The van der Waals surface area contributed by atoms with Crippen LogP contribution >= 0.6 is 23.2 Å². The fourth-order valence-electron chi connectivity index (χ4n) is 4.90. The Morgan fingerprint density at radius 3 is 2.54 bits per heavy atom. The smallest absolute Gasteiger partial charge is 0.225 e. The Morgan fingerprint density at radius 2 is 1.86 bits per heavy atom. The summed E-state index contributed by atoms with van der Waals surface area (Å²) in [6, 6.07) is 11.7. The molecular formula is C27H34Cl2N2O4. The molecular weight excluding hydrogens is 487 g/mol. The molecule has 0 unspecified atom stereocenters. The number of halogens is 2. The van der Waals surface area contributed by atoms with Gasteiger partial charge in [0.05, 0.1) is 19.1 Å². The Hall–Kier alpha value is -1.83. The fraction of sp³-hybridized carbons (Fsp3) is 0.519. The van der Waals surface area contributed by atoms with Crippen molar-refractivity contribution in [1.82, 2.24) is 9.80 Å². The summed E-state index contributed by atoms with van der Waals surface area (Å²) in [5.41, 5.74) is 2.23. The summed E-state index contributed by atoms with van der Waals surface area (Å²) in [4.78, 5) is 17.4. The first kappa shape index (κ1) is 26.2. The van der Waals surface area contributed by atoms with Crippen molar-refractivity contribution in [2.45, 2.75) is 51.4 Å². The van der Waals surface area contributed by atoms with Gasteiger partial charge in [-0.1, -0.05) is 35.3 Å². The lowest BCUT2D eigenvalue weighted by atomic mass is 9.95. The average molecular weight is 521 g/mol. The van der Waals surface area contributed by atoms with E-state index in [2.05, 4.69) is 11.0 Å². The largest absolute Gasteiger partial charge is 0.490 e. The van der Waals surface area contributed by atoms with Crippen LogP contribution in [0.15, 0.2) is 36.4 Å². The molecule has 2 aromatic carbocycles. The number of aliphatic hydroxyl groups excluding tert-OH is 1. The van der Waals surface area contributed by atoms with Crippen molar-refractivity contribution < 1.29 is 19.4 Å². The van der Waals surface area contributed by atoms with E-state index in [-0.39, 0.29) is 25.0 Å². The number of rotatable bonds is 7. The monoisotopic (exact) mass is 520 g/mol. The predicted octanol–water partition coefficient (Wildman–Crippen LogP) is 4.63. The van der Waals surface area contributed by atoms with E-state index in [9.17, 15) is 9.90 Å². The van der Waals surface area contributed by atoms with Crippen LogP contribution in [0.2, 0.25) is 10.0 Å². The second-order valence-corrected chi connectivity index (χ2v) is 10.6. The van der Waals surface area contributed by atoms with Crippen LogP contribution in [-0.4, -0.2) is 71.9 Å². The molecule has 0 aromatic heterocycles. The zero-order valence-electron chi connectivity index (χ0n) is 20.4. The van der Waals surface area contributed by atoms with Crippen molar-refractivity contribution in [3.8, 4) is 5.75 Å². The van der Waals surface area contributed by atoms with Crippen molar-refractivity contribution in [2.75, 3.05) is 39.4 Å². The van der Waals surface area contributed by atoms with Gasteiger partial charge in [-0.05, 0) is 67.6 Å². The van der Waals surface area contributed by atoms with E-state index in [0.717, 1.165) is 34.8 Å². The molecule has 1 N–H and O–H groups in total. The fourth-order valence-corrected chi connectivity index (χ4v) is 5.23. The highest BCUT2D eigenvalue weighted by molar-refractivity contribution is 6.32.